The first-order valence-electron chi connectivity index (χ1n) is 7.47. The summed E-state index contributed by atoms with van der Waals surface area (Å²) < 4.78 is 15.4. The van der Waals surface area contributed by atoms with Gasteiger partial charge in [-0.05, 0) is 59.5 Å². The van der Waals surface area contributed by atoms with Crippen molar-refractivity contribution in [2.45, 2.75) is 32.7 Å². The van der Waals surface area contributed by atoms with Crippen molar-refractivity contribution in [3.8, 4) is 0 Å². The molecule has 0 bridgehead atoms. The van der Waals surface area contributed by atoms with E-state index in [1.807, 2.05) is 12.1 Å². The number of piperazine rings is 1. The van der Waals surface area contributed by atoms with E-state index in [-0.39, 0.29) is 36.7 Å². The van der Waals surface area contributed by atoms with Gasteiger partial charge in [-0.1, -0.05) is 13.8 Å². The van der Waals surface area contributed by atoms with Gasteiger partial charge in [0.25, 0.3) is 0 Å². The van der Waals surface area contributed by atoms with Gasteiger partial charge in [0.05, 0.1) is 0 Å². The third kappa shape index (κ3) is 6.48. The SMILES string of the molecule is CC(C)CC[C@H](c1cc(I)ccc1F)N1CCNCC1.Cl.Cl. The number of hydrogen-bond acceptors (Lipinski definition) is 2. The van der Waals surface area contributed by atoms with E-state index in [0.717, 1.165) is 48.2 Å². The molecule has 0 saturated carbocycles. The van der Waals surface area contributed by atoms with Gasteiger partial charge in [0, 0.05) is 41.4 Å². The standard InChI is InChI=1S/C16H24FIN2.2ClH/c1-12(2)3-6-16(20-9-7-19-8-10-20)14-11-13(18)4-5-15(14)17;;/h4-5,11-12,16,19H,3,6-10H2,1-2H3;2*1H/t16-;;/m1../s1. The first kappa shape index (κ1) is 22.4. The number of nitrogens with one attached hydrogen (secondary N) is 1. The zero-order valence-electron chi connectivity index (χ0n) is 13.1. The highest BCUT2D eigenvalue weighted by Crippen LogP contribution is 2.30. The Morgan fingerprint density at radius 2 is 1.82 bits per heavy atom. The van der Waals surface area contributed by atoms with E-state index < -0.39 is 0 Å². The molecule has 0 spiro atoms. The molecule has 6 heteroatoms. The number of rotatable bonds is 5. The molecule has 1 aliphatic rings. The molecular weight excluding hydrogens is 437 g/mol. The van der Waals surface area contributed by atoms with Crippen LogP contribution in [0.1, 0.15) is 38.3 Å². The third-order valence-corrected chi connectivity index (χ3v) is 4.60. The lowest BCUT2D eigenvalue weighted by atomic mass is 9.95. The topological polar surface area (TPSA) is 15.3 Å². The molecule has 1 aliphatic heterocycles. The molecule has 0 unspecified atom stereocenters. The Morgan fingerprint density at radius 1 is 1.18 bits per heavy atom. The Hall–Kier alpha value is 0.380. The highest BCUT2D eigenvalue weighted by Gasteiger charge is 2.24. The fourth-order valence-corrected chi connectivity index (χ4v) is 3.31. The summed E-state index contributed by atoms with van der Waals surface area (Å²) in [6.07, 6.45) is 2.17. The Balaban J connectivity index is 0.00000220. The first-order chi connectivity index (χ1) is 9.58. The Labute approximate surface area is 159 Å². The van der Waals surface area contributed by atoms with E-state index in [4.69, 9.17) is 0 Å². The van der Waals surface area contributed by atoms with Crippen LogP contribution in [-0.2, 0) is 0 Å². The molecule has 1 N–H and O–H groups in total. The highest BCUT2D eigenvalue weighted by atomic mass is 127. The van der Waals surface area contributed by atoms with Crippen LogP contribution in [0, 0.1) is 15.3 Å². The molecule has 0 aromatic heterocycles. The smallest absolute Gasteiger partial charge is 0.128 e. The van der Waals surface area contributed by atoms with Crippen molar-refractivity contribution in [3.05, 3.63) is 33.1 Å². The van der Waals surface area contributed by atoms with Crippen molar-refractivity contribution in [2.24, 2.45) is 5.92 Å². The Morgan fingerprint density at radius 3 is 2.41 bits per heavy atom. The third-order valence-electron chi connectivity index (χ3n) is 3.93. The Kier molecular flexibility index (Phi) is 11.2. The summed E-state index contributed by atoms with van der Waals surface area (Å²) in [6.45, 7) is 8.49. The van der Waals surface area contributed by atoms with Crippen LogP contribution in [0.2, 0.25) is 0 Å². The summed E-state index contributed by atoms with van der Waals surface area (Å²) in [5.41, 5.74) is 0.874. The summed E-state index contributed by atoms with van der Waals surface area (Å²) in [7, 11) is 0. The summed E-state index contributed by atoms with van der Waals surface area (Å²) in [4.78, 5) is 2.44. The van der Waals surface area contributed by atoms with Crippen molar-refractivity contribution in [2.75, 3.05) is 26.2 Å². The number of nitrogens with zero attached hydrogens (tertiary/aromatic N) is 1. The molecule has 0 radical (unpaired) electrons. The van der Waals surface area contributed by atoms with Gasteiger partial charge in [-0.15, -0.1) is 24.8 Å². The Bertz CT molecular complexity index is 440. The molecule has 1 heterocycles. The lowest BCUT2D eigenvalue weighted by molar-refractivity contribution is 0.156. The molecule has 1 fully saturated rings. The van der Waals surface area contributed by atoms with Crippen LogP contribution < -0.4 is 5.32 Å². The molecule has 0 aliphatic carbocycles. The molecule has 22 heavy (non-hydrogen) atoms. The predicted molar refractivity (Wildman–Crippen MR) is 105 cm³/mol. The van der Waals surface area contributed by atoms with Crippen LogP contribution in [0.3, 0.4) is 0 Å². The van der Waals surface area contributed by atoms with E-state index in [1.165, 1.54) is 0 Å². The average Bonchev–Trinajstić information content (AvgIpc) is 2.43. The van der Waals surface area contributed by atoms with E-state index in [1.54, 1.807) is 6.07 Å². The maximum Gasteiger partial charge on any atom is 0.128 e. The first-order valence-corrected chi connectivity index (χ1v) is 8.55. The average molecular weight is 463 g/mol. The van der Waals surface area contributed by atoms with Gasteiger partial charge in [0.15, 0.2) is 0 Å². The molecular formula is C16H26Cl2FIN2. The van der Waals surface area contributed by atoms with E-state index in [2.05, 4.69) is 46.7 Å². The highest BCUT2D eigenvalue weighted by molar-refractivity contribution is 14.1. The van der Waals surface area contributed by atoms with Gasteiger partial charge in [-0.25, -0.2) is 4.39 Å². The monoisotopic (exact) mass is 462 g/mol. The van der Waals surface area contributed by atoms with E-state index in [9.17, 15) is 4.39 Å². The predicted octanol–water partition coefficient (Wildman–Crippen LogP) is 4.66. The summed E-state index contributed by atoms with van der Waals surface area (Å²) in [5, 5.41) is 3.38. The van der Waals surface area contributed by atoms with E-state index >= 15 is 0 Å². The van der Waals surface area contributed by atoms with Crippen molar-refractivity contribution >= 4 is 47.4 Å². The van der Waals surface area contributed by atoms with Gasteiger partial charge in [0.2, 0.25) is 0 Å². The second kappa shape index (κ2) is 11.0. The van der Waals surface area contributed by atoms with Crippen LogP contribution >= 0.6 is 47.4 Å². The second-order valence-electron chi connectivity index (χ2n) is 5.94. The molecule has 2 nitrogen and oxygen atoms in total. The van der Waals surface area contributed by atoms with Gasteiger partial charge in [-0.3, -0.25) is 4.90 Å². The fraction of sp³-hybridized carbons (Fsp3) is 0.625. The summed E-state index contributed by atoms with van der Waals surface area (Å²) in [5.74, 6) is 0.601. The lowest BCUT2D eigenvalue weighted by Crippen LogP contribution is -2.45. The summed E-state index contributed by atoms with van der Waals surface area (Å²) in [6, 6.07) is 5.69. The quantitative estimate of drug-likeness (QED) is 0.640. The molecule has 1 saturated heterocycles. The summed E-state index contributed by atoms with van der Waals surface area (Å²) >= 11 is 2.27. The molecule has 2 rings (SSSR count). The maximum absolute atomic E-state index is 14.3. The van der Waals surface area contributed by atoms with Crippen LogP contribution in [-0.4, -0.2) is 31.1 Å². The molecule has 1 aromatic carbocycles. The molecule has 0 amide bonds. The minimum Gasteiger partial charge on any atom is -0.314 e. The van der Waals surface area contributed by atoms with Crippen LogP contribution in [0.4, 0.5) is 4.39 Å². The minimum atomic E-state index is -0.0577. The zero-order chi connectivity index (χ0) is 14.5. The van der Waals surface area contributed by atoms with Crippen molar-refractivity contribution in [3.63, 3.8) is 0 Å². The normalized spacial score (nSPS) is 16.8. The number of hydrogen-bond donors (Lipinski definition) is 1. The minimum absolute atomic E-state index is 0. The zero-order valence-corrected chi connectivity index (χ0v) is 16.9. The largest absolute Gasteiger partial charge is 0.314 e. The van der Waals surface area contributed by atoms with Crippen molar-refractivity contribution < 1.29 is 4.39 Å². The van der Waals surface area contributed by atoms with Crippen LogP contribution in [0.25, 0.3) is 0 Å². The molecule has 128 valence electrons. The van der Waals surface area contributed by atoms with Crippen molar-refractivity contribution in [1.82, 2.24) is 10.2 Å². The molecule has 1 atom stereocenters. The van der Waals surface area contributed by atoms with Gasteiger partial charge >= 0.3 is 0 Å². The van der Waals surface area contributed by atoms with E-state index in [0.29, 0.717) is 5.92 Å². The van der Waals surface area contributed by atoms with Gasteiger partial charge < -0.3 is 5.32 Å². The number of halogens is 4. The maximum atomic E-state index is 14.3. The van der Waals surface area contributed by atoms with Gasteiger partial charge in [-0.2, -0.15) is 0 Å². The molecule has 1 aromatic rings. The number of benzene rings is 1. The lowest BCUT2D eigenvalue weighted by Gasteiger charge is -2.36. The second-order valence-corrected chi connectivity index (χ2v) is 7.18. The van der Waals surface area contributed by atoms with Gasteiger partial charge in [0.1, 0.15) is 5.82 Å². The fourth-order valence-electron chi connectivity index (χ4n) is 2.79. The van der Waals surface area contributed by atoms with Crippen molar-refractivity contribution in [1.29, 1.82) is 0 Å². The van der Waals surface area contributed by atoms with Crippen LogP contribution in [0.5, 0.6) is 0 Å². The van der Waals surface area contributed by atoms with Crippen LogP contribution in [0.15, 0.2) is 18.2 Å².